The van der Waals surface area contributed by atoms with Crippen LogP contribution in [0.15, 0.2) is 97.1 Å². The summed E-state index contributed by atoms with van der Waals surface area (Å²) in [6.07, 6.45) is 3.57. The molecule has 0 unspecified atom stereocenters. The molecule has 0 radical (unpaired) electrons. The van der Waals surface area contributed by atoms with Crippen LogP contribution >= 0.6 is 11.9 Å². The normalized spacial score (nSPS) is 11.3. The Hall–Kier alpha value is -4.40. The van der Waals surface area contributed by atoms with E-state index in [-0.39, 0.29) is 0 Å². The zero-order valence-corrected chi connectivity index (χ0v) is 32.3. The fourth-order valence-corrected chi connectivity index (χ4v) is 6.84. The lowest BCUT2D eigenvalue weighted by Gasteiger charge is -2.36. The number of benzene rings is 5. The number of aliphatic hydroxyl groups excluding tert-OH is 2. The van der Waals surface area contributed by atoms with Gasteiger partial charge in [0, 0.05) is 32.5 Å². The Morgan fingerprint density at radius 3 is 1.98 bits per heavy atom. The first-order chi connectivity index (χ1) is 24.5. The van der Waals surface area contributed by atoms with Gasteiger partial charge in [-0.05, 0) is 115 Å². The first-order valence-corrected chi connectivity index (χ1v) is 18.2. The maximum absolute atomic E-state index is 11.9. The summed E-state index contributed by atoms with van der Waals surface area (Å²) in [6.45, 7) is 13.1. The number of anilines is 1. The molecule has 0 spiro atoms. The highest BCUT2D eigenvalue weighted by atomic mass is 32.2. The lowest BCUT2D eigenvalue weighted by molar-refractivity contribution is -0.107. The lowest BCUT2D eigenvalue weighted by atomic mass is 9.80. The number of aryl methyl sites for hydroxylation is 1. The maximum Gasteiger partial charge on any atom is 0.124 e. The monoisotopic (exact) mass is 707 g/mol. The molecule has 0 saturated carbocycles. The Bertz CT molecular complexity index is 1860. The van der Waals surface area contributed by atoms with E-state index in [4.69, 9.17) is 20.1 Å². The van der Waals surface area contributed by atoms with Gasteiger partial charge < -0.3 is 29.2 Å². The molecule has 5 aromatic carbocycles. The number of nitrogens with zero attached hydrogens (tertiary/aromatic N) is 1. The smallest absolute Gasteiger partial charge is 0.124 e. The highest BCUT2D eigenvalue weighted by molar-refractivity contribution is 7.99. The van der Waals surface area contributed by atoms with Crippen LogP contribution in [0, 0.1) is 20.8 Å². The summed E-state index contributed by atoms with van der Waals surface area (Å²) < 4.78 is 8.54. The third kappa shape index (κ3) is 10.6. The summed E-state index contributed by atoms with van der Waals surface area (Å²) in [5, 5.41) is 22.5. The minimum atomic E-state index is -0.500. The van der Waals surface area contributed by atoms with E-state index >= 15 is 0 Å². The molecule has 0 aromatic heterocycles. The van der Waals surface area contributed by atoms with Crippen molar-refractivity contribution in [1.82, 2.24) is 0 Å². The van der Waals surface area contributed by atoms with Crippen LogP contribution in [-0.2, 0) is 24.4 Å². The lowest BCUT2D eigenvalue weighted by Crippen LogP contribution is -2.22. The van der Waals surface area contributed by atoms with E-state index in [0.29, 0.717) is 13.0 Å². The van der Waals surface area contributed by atoms with Crippen LogP contribution in [-0.4, -0.2) is 47.7 Å². The predicted octanol–water partition coefficient (Wildman–Crippen LogP) is 9.53. The van der Waals surface area contributed by atoms with E-state index in [1.165, 1.54) is 44.6 Å². The van der Waals surface area contributed by atoms with Crippen molar-refractivity contribution in [2.24, 2.45) is 0 Å². The third-order valence-electron chi connectivity index (χ3n) is 8.30. The summed E-state index contributed by atoms with van der Waals surface area (Å²) in [5.74, 6) is 0.857. The van der Waals surface area contributed by atoms with E-state index in [1.807, 2.05) is 24.3 Å². The fraction of sp³-hybridized carbons (Fsp3) is 0.295. The van der Waals surface area contributed by atoms with E-state index in [1.54, 1.807) is 32.7 Å². The molecule has 6 nitrogen and oxygen atoms in total. The van der Waals surface area contributed by atoms with Crippen LogP contribution in [0.4, 0.5) is 5.69 Å². The average molecular weight is 708 g/mol. The molecule has 270 valence electrons. The van der Waals surface area contributed by atoms with Gasteiger partial charge in [-0.1, -0.05) is 96.4 Å². The second kappa shape index (κ2) is 19.3. The number of carbonyl (C=O) groups is 1. The molecule has 0 aliphatic carbocycles. The molecule has 5 aromatic rings. The van der Waals surface area contributed by atoms with Crippen molar-refractivity contribution in [2.45, 2.75) is 66.7 Å². The first-order valence-electron chi connectivity index (χ1n) is 17.0. The minimum Gasteiger partial charge on any atom is -0.489 e. The zero-order chi connectivity index (χ0) is 37.7. The second-order valence-corrected chi connectivity index (χ2v) is 13.9. The molecule has 6 rings (SSSR count). The van der Waals surface area contributed by atoms with Gasteiger partial charge in [-0.3, -0.25) is 0 Å². The van der Waals surface area contributed by atoms with Crippen LogP contribution in [0.5, 0.6) is 5.75 Å². The van der Waals surface area contributed by atoms with Crippen molar-refractivity contribution in [3.05, 3.63) is 130 Å². The quantitative estimate of drug-likeness (QED) is 0.109. The van der Waals surface area contributed by atoms with Gasteiger partial charge in [0.05, 0.1) is 17.8 Å². The number of fused-ring (bicyclic) bond motifs is 3. The Morgan fingerprint density at radius 1 is 0.765 bits per heavy atom. The van der Waals surface area contributed by atoms with E-state index < -0.39 is 5.60 Å². The molecule has 0 atom stereocenters. The number of aliphatic hydroxyl groups is 3. The summed E-state index contributed by atoms with van der Waals surface area (Å²) in [4.78, 5) is 11.9. The molecule has 0 fully saturated rings. The summed E-state index contributed by atoms with van der Waals surface area (Å²) in [7, 11) is 2.00. The summed E-state index contributed by atoms with van der Waals surface area (Å²) in [5.41, 5.74) is 15.0. The van der Waals surface area contributed by atoms with Gasteiger partial charge in [0.15, 0.2) is 0 Å². The van der Waals surface area contributed by atoms with Crippen molar-refractivity contribution in [1.29, 1.82) is 0 Å². The molecular formula is C44H53NO5S. The van der Waals surface area contributed by atoms with Gasteiger partial charge in [-0.15, -0.1) is 0 Å². The zero-order valence-electron chi connectivity index (χ0n) is 31.4. The standard InChI is InChI=1S/C38H35NO2S.C4H10O.2CH4O/c1-25-13-15-29(16-14-25)36-27(3)37-35-22-31(30-11-8-12-33(21-30)41-24-28-9-6-5-7-10-28)17-18-32(35)23-39(42-4)38(37)26(2)34(36)19-20-40;1-4(2,3)5;2*1-2/h5-18,20-22H,19,23-24H2,1-4H3;5H,1-3H3;2*2H,1H3. The molecule has 0 amide bonds. The van der Waals surface area contributed by atoms with Crippen LogP contribution < -0.4 is 9.04 Å². The van der Waals surface area contributed by atoms with E-state index in [2.05, 4.69) is 104 Å². The third-order valence-corrected chi connectivity index (χ3v) is 9.06. The van der Waals surface area contributed by atoms with Crippen LogP contribution in [0.1, 0.15) is 54.2 Å². The largest absolute Gasteiger partial charge is 0.489 e. The summed E-state index contributed by atoms with van der Waals surface area (Å²) >= 11 is 1.74. The number of ether oxygens (including phenoxy) is 1. The molecule has 1 aliphatic rings. The number of aldehydes is 1. The van der Waals surface area contributed by atoms with Crippen molar-refractivity contribution in [3.8, 4) is 39.1 Å². The van der Waals surface area contributed by atoms with Crippen molar-refractivity contribution < 1.29 is 24.9 Å². The van der Waals surface area contributed by atoms with Crippen LogP contribution in [0.3, 0.4) is 0 Å². The average Bonchev–Trinajstić information content (AvgIpc) is 3.14. The highest BCUT2D eigenvalue weighted by Gasteiger charge is 2.30. The minimum absolute atomic E-state index is 0.397. The number of rotatable bonds is 8. The predicted molar refractivity (Wildman–Crippen MR) is 215 cm³/mol. The number of hydrogen-bond donors (Lipinski definition) is 3. The maximum atomic E-state index is 11.9. The Labute approximate surface area is 308 Å². The summed E-state index contributed by atoms with van der Waals surface area (Å²) in [6, 6.07) is 34.1. The van der Waals surface area contributed by atoms with Gasteiger partial charge in [-0.2, -0.15) is 0 Å². The van der Waals surface area contributed by atoms with Gasteiger partial charge >= 0.3 is 0 Å². The van der Waals surface area contributed by atoms with Crippen molar-refractivity contribution in [2.75, 3.05) is 24.8 Å². The Kier molecular flexibility index (Phi) is 15.5. The molecule has 0 saturated heterocycles. The molecule has 7 heteroatoms. The van der Waals surface area contributed by atoms with Gasteiger partial charge in [0.1, 0.15) is 18.6 Å². The van der Waals surface area contributed by atoms with Gasteiger partial charge in [0.2, 0.25) is 0 Å². The van der Waals surface area contributed by atoms with E-state index in [0.717, 1.165) is 60.6 Å². The second-order valence-electron chi connectivity index (χ2n) is 13.1. The molecular weight excluding hydrogens is 655 g/mol. The van der Waals surface area contributed by atoms with Crippen molar-refractivity contribution in [3.63, 3.8) is 0 Å². The molecule has 1 heterocycles. The fourth-order valence-electron chi connectivity index (χ4n) is 6.16. The SMILES string of the molecule is CC(C)(C)O.CO.CO.CSN1Cc2ccc(-c3cccc(OCc4ccccc4)c3)cc2-c2c(C)c(-c3ccc(C)cc3)c(CC=O)c(C)c21. The van der Waals surface area contributed by atoms with E-state index in [9.17, 15) is 4.79 Å². The highest BCUT2D eigenvalue weighted by Crippen LogP contribution is 2.50. The van der Waals surface area contributed by atoms with Crippen LogP contribution in [0.2, 0.25) is 0 Å². The Morgan fingerprint density at radius 2 is 1.37 bits per heavy atom. The number of carbonyl (C=O) groups excluding carboxylic acids is 1. The first kappa shape index (κ1) is 41.0. The molecule has 3 N–H and O–H groups in total. The van der Waals surface area contributed by atoms with Crippen molar-refractivity contribution >= 4 is 23.9 Å². The number of hydrogen-bond acceptors (Lipinski definition) is 7. The molecule has 0 bridgehead atoms. The van der Waals surface area contributed by atoms with Gasteiger partial charge in [0.25, 0.3) is 0 Å². The molecule has 1 aliphatic heterocycles. The Balaban J connectivity index is 0.000000709. The molecule has 51 heavy (non-hydrogen) atoms. The topological polar surface area (TPSA) is 90.2 Å². The van der Waals surface area contributed by atoms with Crippen LogP contribution in [0.25, 0.3) is 33.4 Å². The van der Waals surface area contributed by atoms with Gasteiger partial charge in [-0.25, -0.2) is 0 Å².